The molecule has 10 heteroatoms. The van der Waals surface area contributed by atoms with Crippen LogP contribution in [-0.4, -0.2) is 43.6 Å². The molecule has 1 aromatic carbocycles. The summed E-state index contributed by atoms with van der Waals surface area (Å²) >= 11 is 1.23. The third kappa shape index (κ3) is 4.63. The van der Waals surface area contributed by atoms with Gasteiger partial charge < -0.3 is 4.74 Å². The average molecular weight is 396 g/mol. The zero-order valence-corrected chi connectivity index (χ0v) is 15.7. The second kappa shape index (κ2) is 8.96. The van der Waals surface area contributed by atoms with Crippen molar-refractivity contribution in [3.63, 3.8) is 0 Å². The summed E-state index contributed by atoms with van der Waals surface area (Å²) in [7, 11) is 0. The van der Waals surface area contributed by atoms with Crippen LogP contribution in [0.1, 0.15) is 28.2 Å². The normalized spacial score (nSPS) is 12.7. The fraction of sp³-hybridized carbons (Fsp3) is 0.278. The van der Waals surface area contributed by atoms with E-state index in [4.69, 9.17) is 4.74 Å². The first kappa shape index (κ1) is 19.3. The van der Waals surface area contributed by atoms with Crippen LogP contribution in [0, 0.1) is 18.3 Å². The number of tetrazole rings is 1. The van der Waals surface area contributed by atoms with E-state index in [1.807, 2.05) is 36.4 Å². The Kier molecular flexibility index (Phi) is 6.18. The molecule has 0 N–H and O–H groups in total. The Morgan fingerprint density at radius 3 is 2.71 bits per heavy atom. The molecule has 0 amide bonds. The highest BCUT2D eigenvalue weighted by Crippen LogP contribution is 2.21. The monoisotopic (exact) mass is 396 g/mol. The highest BCUT2D eigenvalue weighted by molar-refractivity contribution is 7.09. The number of benzene rings is 1. The van der Waals surface area contributed by atoms with Crippen LogP contribution in [0.2, 0.25) is 0 Å². The highest BCUT2D eigenvalue weighted by atomic mass is 32.1. The molecule has 0 saturated carbocycles. The van der Waals surface area contributed by atoms with Crippen LogP contribution in [0.25, 0.3) is 0 Å². The number of Topliss-reactive ketones (excluding diaryl/α,β-unsaturated/α-hetero) is 1. The van der Waals surface area contributed by atoms with Crippen LogP contribution < -0.4 is 0 Å². The van der Waals surface area contributed by atoms with E-state index < -0.39 is 30.3 Å². The summed E-state index contributed by atoms with van der Waals surface area (Å²) in [6, 6.07) is 10.4. The van der Waals surface area contributed by atoms with E-state index in [0.29, 0.717) is 11.4 Å². The lowest BCUT2D eigenvalue weighted by molar-refractivity contribution is -0.151. The summed E-state index contributed by atoms with van der Waals surface area (Å²) in [5, 5.41) is 22.3. The maximum absolute atomic E-state index is 12.6. The Bertz CT molecular complexity index is 980. The number of ether oxygens (including phenoxy) is 1. The average Bonchev–Trinajstić information content (AvgIpc) is 3.38. The van der Waals surface area contributed by atoms with Crippen molar-refractivity contribution >= 4 is 23.1 Å². The second-order valence-corrected chi connectivity index (χ2v) is 6.85. The molecular formula is C18H16N6O3S. The van der Waals surface area contributed by atoms with Crippen molar-refractivity contribution in [1.29, 1.82) is 5.26 Å². The van der Waals surface area contributed by atoms with Gasteiger partial charge in [0.15, 0.2) is 24.3 Å². The number of thiazole rings is 1. The molecule has 2 aromatic heterocycles. The van der Waals surface area contributed by atoms with E-state index in [9.17, 15) is 14.9 Å². The molecule has 0 aliphatic carbocycles. The highest BCUT2D eigenvalue weighted by Gasteiger charge is 2.28. The van der Waals surface area contributed by atoms with Crippen molar-refractivity contribution in [2.75, 3.05) is 6.61 Å². The number of aryl methyl sites for hydroxylation is 1. The Morgan fingerprint density at radius 1 is 1.32 bits per heavy atom. The van der Waals surface area contributed by atoms with Crippen LogP contribution >= 0.6 is 11.3 Å². The smallest absolute Gasteiger partial charge is 0.331 e. The number of aromatic nitrogens is 5. The van der Waals surface area contributed by atoms with E-state index >= 15 is 0 Å². The third-order valence-corrected chi connectivity index (χ3v) is 4.95. The van der Waals surface area contributed by atoms with Crippen molar-refractivity contribution < 1.29 is 14.3 Å². The van der Waals surface area contributed by atoms with Crippen LogP contribution in [0.4, 0.5) is 0 Å². The van der Waals surface area contributed by atoms with Gasteiger partial charge in [-0.2, -0.15) is 5.26 Å². The van der Waals surface area contributed by atoms with Crippen molar-refractivity contribution in [3.05, 3.63) is 58.3 Å². The first-order valence-corrected chi connectivity index (χ1v) is 9.24. The number of carbonyl (C=O) groups excluding carboxylic acids is 2. The molecule has 28 heavy (non-hydrogen) atoms. The minimum atomic E-state index is -1.06. The quantitative estimate of drug-likeness (QED) is 0.526. The zero-order valence-electron chi connectivity index (χ0n) is 14.9. The molecule has 0 aliphatic heterocycles. The Labute approximate surface area is 164 Å². The van der Waals surface area contributed by atoms with Crippen LogP contribution in [-0.2, 0) is 20.7 Å². The lowest BCUT2D eigenvalue weighted by Crippen LogP contribution is -2.28. The van der Waals surface area contributed by atoms with Crippen LogP contribution in [0.5, 0.6) is 0 Å². The topological polar surface area (TPSA) is 124 Å². The maximum atomic E-state index is 12.6. The predicted molar refractivity (Wildman–Crippen MR) is 98.2 cm³/mol. The molecule has 142 valence electrons. The molecule has 0 saturated heterocycles. The summed E-state index contributed by atoms with van der Waals surface area (Å²) in [4.78, 5) is 29.2. The van der Waals surface area contributed by atoms with Gasteiger partial charge >= 0.3 is 5.97 Å². The molecule has 0 aliphatic rings. The molecule has 3 rings (SSSR count). The van der Waals surface area contributed by atoms with Gasteiger partial charge in [0, 0.05) is 17.5 Å². The van der Waals surface area contributed by atoms with Gasteiger partial charge in [0.25, 0.3) is 0 Å². The number of esters is 1. The zero-order chi connectivity index (χ0) is 19.9. The SMILES string of the molecule is Cc1csc([C@H](C#N)C(=O)COC(=O)[C@H](Cc2ccccc2)n2cnnn2)n1. The van der Waals surface area contributed by atoms with Crippen LogP contribution in [0.15, 0.2) is 42.0 Å². The summed E-state index contributed by atoms with van der Waals surface area (Å²) < 4.78 is 6.48. The Balaban J connectivity index is 1.68. The molecule has 9 nitrogen and oxygen atoms in total. The molecule has 0 spiro atoms. The lowest BCUT2D eigenvalue weighted by atomic mass is 10.1. The summed E-state index contributed by atoms with van der Waals surface area (Å²) in [5.74, 6) is -2.25. The predicted octanol–water partition coefficient (Wildman–Crippen LogP) is 1.64. The summed E-state index contributed by atoms with van der Waals surface area (Å²) in [6.07, 6.45) is 1.61. The van der Waals surface area contributed by atoms with E-state index in [1.54, 1.807) is 12.3 Å². The number of ketones is 1. The first-order chi connectivity index (χ1) is 13.6. The van der Waals surface area contributed by atoms with Crippen molar-refractivity contribution in [3.8, 4) is 6.07 Å². The molecule has 0 bridgehead atoms. The number of carbonyl (C=O) groups is 2. The molecule has 0 unspecified atom stereocenters. The Hall–Kier alpha value is -3.45. The molecule has 0 radical (unpaired) electrons. The standard InChI is InChI=1S/C18H16N6O3S/c1-12-10-28-17(21-12)14(8-19)16(25)9-27-18(26)15(24-11-20-22-23-24)7-13-5-3-2-4-6-13/h2-6,10-11,14-15H,7,9H2,1H3/t14-,15+/m1/s1. The maximum Gasteiger partial charge on any atom is 0.331 e. The van der Waals surface area contributed by atoms with Crippen molar-refractivity contribution in [2.45, 2.75) is 25.3 Å². The van der Waals surface area contributed by atoms with Crippen molar-refractivity contribution in [2.24, 2.45) is 0 Å². The van der Waals surface area contributed by atoms with E-state index in [0.717, 1.165) is 11.3 Å². The van der Waals surface area contributed by atoms with E-state index in [1.165, 1.54) is 22.3 Å². The van der Waals surface area contributed by atoms with Gasteiger partial charge in [-0.25, -0.2) is 14.5 Å². The van der Waals surface area contributed by atoms with Crippen molar-refractivity contribution in [1.82, 2.24) is 25.2 Å². The largest absolute Gasteiger partial charge is 0.456 e. The fourth-order valence-corrected chi connectivity index (χ4v) is 3.39. The van der Waals surface area contributed by atoms with E-state index in [-0.39, 0.29) is 0 Å². The van der Waals surface area contributed by atoms with Gasteiger partial charge in [-0.05, 0) is 22.9 Å². The second-order valence-electron chi connectivity index (χ2n) is 5.96. The van der Waals surface area contributed by atoms with Gasteiger partial charge in [0.2, 0.25) is 0 Å². The van der Waals surface area contributed by atoms with Gasteiger partial charge in [0.1, 0.15) is 11.3 Å². The molecule has 3 aromatic rings. The van der Waals surface area contributed by atoms with Gasteiger partial charge in [-0.1, -0.05) is 30.3 Å². The minimum Gasteiger partial charge on any atom is -0.456 e. The molecule has 0 fully saturated rings. The molecule has 2 atom stereocenters. The number of rotatable bonds is 8. The molecular weight excluding hydrogens is 380 g/mol. The number of nitriles is 1. The number of hydrogen-bond acceptors (Lipinski definition) is 9. The van der Waals surface area contributed by atoms with E-state index in [2.05, 4.69) is 20.5 Å². The van der Waals surface area contributed by atoms with Gasteiger partial charge in [-0.3, -0.25) is 4.79 Å². The number of hydrogen-bond donors (Lipinski definition) is 0. The fourth-order valence-electron chi connectivity index (χ4n) is 2.52. The summed E-state index contributed by atoms with van der Waals surface area (Å²) in [6.45, 7) is 1.25. The Morgan fingerprint density at radius 2 is 2.11 bits per heavy atom. The van der Waals surface area contributed by atoms with Crippen LogP contribution in [0.3, 0.4) is 0 Å². The van der Waals surface area contributed by atoms with Gasteiger partial charge in [0.05, 0.1) is 6.07 Å². The van der Waals surface area contributed by atoms with Gasteiger partial charge in [-0.15, -0.1) is 16.4 Å². The minimum absolute atomic E-state index is 0.298. The first-order valence-electron chi connectivity index (χ1n) is 8.36. The molecule has 2 heterocycles. The number of nitrogens with zero attached hydrogens (tertiary/aromatic N) is 6. The summed E-state index contributed by atoms with van der Waals surface area (Å²) in [5.41, 5.74) is 1.62. The third-order valence-electron chi connectivity index (χ3n) is 3.92. The lowest BCUT2D eigenvalue weighted by Gasteiger charge is -2.15.